The van der Waals surface area contributed by atoms with Crippen molar-refractivity contribution in [2.45, 2.75) is 46.8 Å². The van der Waals surface area contributed by atoms with Crippen molar-refractivity contribution < 1.29 is 9.47 Å². The summed E-state index contributed by atoms with van der Waals surface area (Å²) in [6.45, 7) is 9.37. The Labute approximate surface area is 87.3 Å². The summed E-state index contributed by atoms with van der Waals surface area (Å²) in [5.74, 6) is 2.33. The van der Waals surface area contributed by atoms with Crippen LogP contribution < -0.4 is 0 Å². The van der Waals surface area contributed by atoms with Crippen LogP contribution in [0.5, 0.6) is 0 Å². The van der Waals surface area contributed by atoms with Gasteiger partial charge in [0.2, 0.25) is 0 Å². The minimum absolute atomic E-state index is 0.0197. The van der Waals surface area contributed by atoms with Crippen LogP contribution in [0.4, 0.5) is 0 Å². The fourth-order valence-electron chi connectivity index (χ4n) is 1.75. The third kappa shape index (κ3) is 3.70. The molecule has 0 saturated carbocycles. The highest BCUT2D eigenvalue weighted by atomic mass is 16.7. The maximum Gasteiger partial charge on any atom is 0.199 e. The molecular weight excluding hydrogens is 176 g/mol. The van der Waals surface area contributed by atoms with Gasteiger partial charge >= 0.3 is 0 Å². The number of ether oxygens (including phenoxy) is 2. The second-order valence-corrected chi connectivity index (χ2v) is 4.45. The fourth-order valence-corrected chi connectivity index (χ4v) is 1.75. The Balaban J connectivity index is 2.49. The molecule has 0 aromatic heterocycles. The summed E-state index contributed by atoms with van der Waals surface area (Å²) >= 11 is 0. The standard InChI is InChI=1S/C12H22O2/c1-5-13-12-8-10(4)7-11(14-12)6-9(2)3/h7,9-10,12H,5-6,8H2,1-4H3. The predicted octanol–water partition coefficient (Wildman–Crippen LogP) is 3.34. The van der Waals surface area contributed by atoms with E-state index < -0.39 is 0 Å². The summed E-state index contributed by atoms with van der Waals surface area (Å²) in [5, 5.41) is 0. The molecule has 14 heavy (non-hydrogen) atoms. The maximum atomic E-state index is 5.75. The first kappa shape index (κ1) is 11.6. The number of allylic oxidation sites excluding steroid dienone is 2. The maximum absolute atomic E-state index is 5.75. The van der Waals surface area contributed by atoms with Crippen LogP contribution >= 0.6 is 0 Å². The summed E-state index contributed by atoms with van der Waals surface area (Å²) in [6, 6.07) is 0. The molecule has 2 unspecified atom stereocenters. The lowest BCUT2D eigenvalue weighted by Gasteiger charge is -2.28. The molecule has 0 spiro atoms. The zero-order valence-electron chi connectivity index (χ0n) is 9.75. The summed E-state index contributed by atoms with van der Waals surface area (Å²) < 4.78 is 11.2. The van der Waals surface area contributed by atoms with Crippen molar-refractivity contribution in [2.75, 3.05) is 6.61 Å². The Hall–Kier alpha value is -0.500. The smallest absolute Gasteiger partial charge is 0.199 e. The molecule has 0 fully saturated rings. The first-order valence-corrected chi connectivity index (χ1v) is 5.60. The van der Waals surface area contributed by atoms with Crippen molar-refractivity contribution >= 4 is 0 Å². The van der Waals surface area contributed by atoms with Crippen LogP contribution in [0.2, 0.25) is 0 Å². The van der Waals surface area contributed by atoms with E-state index in [9.17, 15) is 0 Å². The minimum atomic E-state index is -0.0197. The van der Waals surface area contributed by atoms with E-state index in [4.69, 9.17) is 9.47 Å². The predicted molar refractivity (Wildman–Crippen MR) is 57.8 cm³/mol. The SMILES string of the molecule is CCOC1CC(C)C=C(CC(C)C)O1. The van der Waals surface area contributed by atoms with Crippen LogP contribution in [-0.2, 0) is 9.47 Å². The van der Waals surface area contributed by atoms with Crippen molar-refractivity contribution in [3.63, 3.8) is 0 Å². The summed E-state index contributed by atoms with van der Waals surface area (Å²) in [5.41, 5.74) is 0. The van der Waals surface area contributed by atoms with Crippen LogP contribution in [-0.4, -0.2) is 12.9 Å². The molecule has 0 aliphatic carbocycles. The van der Waals surface area contributed by atoms with Crippen molar-refractivity contribution in [1.82, 2.24) is 0 Å². The van der Waals surface area contributed by atoms with E-state index in [0.717, 1.165) is 25.2 Å². The van der Waals surface area contributed by atoms with Gasteiger partial charge < -0.3 is 9.47 Å². The van der Waals surface area contributed by atoms with E-state index >= 15 is 0 Å². The second kappa shape index (κ2) is 5.40. The van der Waals surface area contributed by atoms with Gasteiger partial charge in [0.1, 0.15) is 0 Å². The zero-order chi connectivity index (χ0) is 10.6. The van der Waals surface area contributed by atoms with E-state index in [1.54, 1.807) is 0 Å². The van der Waals surface area contributed by atoms with Gasteiger partial charge in [0.05, 0.1) is 5.76 Å². The summed E-state index contributed by atoms with van der Waals surface area (Å²) in [6.07, 6.45) is 4.22. The molecule has 1 heterocycles. The van der Waals surface area contributed by atoms with Crippen LogP contribution in [0, 0.1) is 11.8 Å². The van der Waals surface area contributed by atoms with Crippen molar-refractivity contribution in [2.24, 2.45) is 11.8 Å². The van der Waals surface area contributed by atoms with Gasteiger partial charge in [0, 0.05) is 19.4 Å². The molecule has 0 radical (unpaired) electrons. The molecule has 1 aliphatic rings. The highest BCUT2D eigenvalue weighted by Gasteiger charge is 2.21. The molecule has 0 aromatic rings. The third-order valence-corrected chi connectivity index (χ3v) is 2.28. The second-order valence-electron chi connectivity index (χ2n) is 4.45. The molecule has 0 amide bonds. The lowest BCUT2D eigenvalue weighted by atomic mass is 10.0. The molecule has 1 aliphatic heterocycles. The first-order chi connectivity index (χ1) is 6.61. The summed E-state index contributed by atoms with van der Waals surface area (Å²) in [4.78, 5) is 0. The number of hydrogen-bond acceptors (Lipinski definition) is 2. The molecule has 1 rings (SSSR count). The molecule has 0 aromatic carbocycles. The van der Waals surface area contributed by atoms with E-state index in [1.165, 1.54) is 0 Å². The van der Waals surface area contributed by atoms with Gasteiger partial charge in [-0.05, 0) is 24.8 Å². The quantitative estimate of drug-likeness (QED) is 0.689. The van der Waals surface area contributed by atoms with Gasteiger partial charge in [-0.2, -0.15) is 0 Å². The molecule has 2 atom stereocenters. The molecule has 2 heteroatoms. The first-order valence-electron chi connectivity index (χ1n) is 5.60. The Morgan fingerprint density at radius 3 is 2.86 bits per heavy atom. The van der Waals surface area contributed by atoms with Crippen LogP contribution in [0.25, 0.3) is 0 Å². The topological polar surface area (TPSA) is 18.5 Å². The van der Waals surface area contributed by atoms with Crippen LogP contribution in [0.15, 0.2) is 11.8 Å². The Morgan fingerprint density at radius 1 is 1.57 bits per heavy atom. The van der Waals surface area contributed by atoms with E-state index in [-0.39, 0.29) is 6.29 Å². The summed E-state index contributed by atoms with van der Waals surface area (Å²) in [7, 11) is 0. The molecule has 0 N–H and O–H groups in total. The van der Waals surface area contributed by atoms with E-state index in [2.05, 4.69) is 26.8 Å². The molecule has 0 saturated heterocycles. The molecule has 82 valence electrons. The monoisotopic (exact) mass is 198 g/mol. The highest BCUT2D eigenvalue weighted by molar-refractivity contribution is 5.00. The third-order valence-electron chi connectivity index (χ3n) is 2.28. The van der Waals surface area contributed by atoms with Crippen molar-refractivity contribution in [3.05, 3.63) is 11.8 Å². The molecule has 2 nitrogen and oxygen atoms in total. The van der Waals surface area contributed by atoms with Crippen molar-refractivity contribution in [3.8, 4) is 0 Å². The lowest BCUT2D eigenvalue weighted by Crippen LogP contribution is -2.24. The van der Waals surface area contributed by atoms with Crippen molar-refractivity contribution in [1.29, 1.82) is 0 Å². The van der Waals surface area contributed by atoms with Crippen LogP contribution in [0.1, 0.15) is 40.5 Å². The zero-order valence-corrected chi connectivity index (χ0v) is 9.75. The Morgan fingerprint density at radius 2 is 2.29 bits per heavy atom. The van der Waals surface area contributed by atoms with Gasteiger partial charge in [-0.25, -0.2) is 0 Å². The Bertz CT molecular complexity index is 196. The van der Waals surface area contributed by atoms with Crippen LogP contribution in [0.3, 0.4) is 0 Å². The Kier molecular flexibility index (Phi) is 4.46. The molecule has 0 bridgehead atoms. The van der Waals surface area contributed by atoms with Gasteiger partial charge in [0.15, 0.2) is 6.29 Å². The average molecular weight is 198 g/mol. The average Bonchev–Trinajstić information content (AvgIpc) is 2.01. The van der Waals surface area contributed by atoms with Gasteiger partial charge in [0.25, 0.3) is 0 Å². The van der Waals surface area contributed by atoms with E-state index in [0.29, 0.717) is 11.8 Å². The normalized spacial score (nSPS) is 27.4. The highest BCUT2D eigenvalue weighted by Crippen LogP contribution is 2.26. The largest absolute Gasteiger partial charge is 0.470 e. The number of rotatable bonds is 4. The minimum Gasteiger partial charge on any atom is -0.470 e. The van der Waals surface area contributed by atoms with Gasteiger partial charge in [-0.3, -0.25) is 0 Å². The van der Waals surface area contributed by atoms with E-state index in [1.807, 2.05) is 6.92 Å². The lowest BCUT2D eigenvalue weighted by molar-refractivity contribution is -0.131. The fraction of sp³-hybridized carbons (Fsp3) is 0.833. The number of hydrogen-bond donors (Lipinski definition) is 0. The van der Waals surface area contributed by atoms with Gasteiger partial charge in [-0.1, -0.05) is 20.8 Å². The molecular formula is C12H22O2. The van der Waals surface area contributed by atoms with Gasteiger partial charge in [-0.15, -0.1) is 0 Å².